The lowest BCUT2D eigenvalue weighted by Crippen LogP contribution is -2.03. The number of hydrogen-bond acceptors (Lipinski definition) is 2. The minimum atomic E-state index is -0.792. The highest BCUT2D eigenvalue weighted by Gasteiger charge is 2.18. The summed E-state index contributed by atoms with van der Waals surface area (Å²) in [6.07, 6.45) is -0.792. The van der Waals surface area contributed by atoms with E-state index in [-0.39, 0.29) is 0 Å². The number of halogens is 1. The van der Waals surface area contributed by atoms with E-state index in [1.54, 1.807) is 25.3 Å². The van der Waals surface area contributed by atoms with Crippen LogP contribution in [0.1, 0.15) is 42.6 Å². The molecule has 0 spiro atoms. The van der Waals surface area contributed by atoms with Crippen LogP contribution in [0.15, 0.2) is 42.5 Å². The number of hydrogen-bond donors (Lipinski definition) is 1. The van der Waals surface area contributed by atoms with E-state index in [1.165, 1.54) is 5.56 Å². The second-order valence-electron chi connectivity index (χ2n) is 5.08. The van der Waals surface area contributed by atoms with Crippen LogP contribution in [0.5, 0.6) is 5.75 Å². The lowest BCUT2D eigenvalue weighted by Gasteiger charge is -2.17. The Balaban J connectivity index is 2.38. The van der Waals surface area contributed by atoms with Crippen molar-refractivity contribution in [2.75, 3.05) is 7.11 Å². The fourth-order valence-electron chi connectivity index (χ4n) is 2.19. The lowest BCUT2D eigenvalue weighted by atomic mass is 9.96. The number of methoxy groups -OCH3 is 1. The Labute approximate surface area is 125 Å². The zero-order valence-corrected chi connectivity index (χ0v) is 12.7. The Morgan fingerprint density at radius 1 is 1.00 bits per heavy atom. The predicted octanol–water partition coefficient (Wildman–Crippen LogP) is 4.55. The van der Waals surface area contributed by atoms with Crippen molar-refractivity contribution in [3.05, 3.63) is 64.2 Å². The van der Waals surface area contributed by atoms with Gasteiger partial charge in [0, 0.05) is 5.56 Å². The Bertz CT molecular complexity index is 576. The molecule has 20 heavy (non-hydrogen) atoms. The molecule has 2 rings (SSSR count). The summed E-state index contributed by atoms with van der Waals surface area (Å²) < 4.78 is 5.29. The van der Waals surface area contributed by atoms with E-state index in [1.807, 2.05) is 24.3 Å². The van der Waals surface area contributed by atoms with Gasteiger partial charge in [-0.3, -0.25) is 0 Å². The van der Waals surface area contributed by atoms with E-state index in [0.29, 0.717) is 22.3 Å². The van der Waals surface area contributed by atoms with E-state index >= 15 is 0 Å². The van der Waals surface area contributed by atoms with Crippen molar-refractivity contribution in [2.45, 2.75) is 25.9 Å². The van der Waals surface area contributed by atoms with Crippen molar-refractivity contribution in [3.8, 4) is 5.75 Å². The number of rotatable bonds is 4. The highest BCUT2D eigenvalue weighted by Crippen LogP contribution is 2.35. The van der Waals surface area contributed by atoms with Gasteiger partial charge >= 0.3 is 0 Å². The molecule has 3 heteroatoms. The molecule has 0 saturated heterocycles. The predicted molar refractivity (Wildman–Crippen MR) is 82.6 cm³/mol. The summed E-state index contributed by atoms with van der Waals surface area (Å²) in [6.45, 7) is 4.28. The van der Waals surface area contributed by atoms with Crippen molar-refractivity contribution in [2.24, 2.45) is 0 Å². The summed E-state index contributed by atoms with van der Waals surface area (Å²) in [5.74, 6) is 1.06. The van der Waals surface area contributed by atoms with E-state index in [0.717, 1.165) is 5.56 Å². The summed E-state index contributed by atoms with van der Waals surface area (Å²) in [6, 6.07) is 13.3. The van der Waals surface area contributed by atoms with E-state index in [2.05, 4.69) is 13.8 Å². The van der Waals surface area contributed by atoms with Crippen molar-refractivity contribution in [1.82, 2.24) is 0 Å². The quantitative estimate of drug-likeness (QED) is 0.895. The molecule has 1 N–H and O–H groups in total. The topological polar surface area (TPSA) is 29.5 Å². The van der Waals surface area contributed by atoms with Gasteiger partial charge in [-0.1, -0.05) is 55.8 Å². The van der Waals surface area contributed by atoms with E-state index < -0.39 is 6.10 Å². The molecule has 0 aromatic heterocycles. The minimum Gasteiger partial charge on any atom is -0.496 e. The molecule has 1 atom stereocenters. The van der Waals surface area contributed by atoms with Gasteiger partial charge in [-0.25, -0.2) is 0 Å². The molecule has 0 saturated carbocycles. The van der Waals surface area contributed by atoms with Crippen LogP contribution in [0.3, 0.4) is 0 Å². The molecule has 0 heterocycles. The highest BCUT2D eigenvalue weighted by molar-refractivity contribution is 6.31. The van der Waals surface area contributed by atoms with Crippen molar-refractivity contribution < 1.29 is 9.84 Å². The molecule has 2 nitrogen and oxygen atoms in total. The maximum atomic E-state index is 10.5. The normalized spacial score (nSPS) is 12.5. The van der Waals surface area contributed by atoms with Crippen molar-refractivity contribution in [3.63, 3.8) is 0 Å². The first-order valence-corrected chi connectivity index (χ1v) is 7.02. The molecular formula is C17H19ClO2. The molecule has 2 aromatic carbocycles. The van der Waals surface area contributed by atoms with Crippen LogP contribution in [0.4, 0.5) is 0 Å². The van der Waals surface area contributed by atoms with Crippen molar-refractivity contribution >= 4 is 11.6 Å². The summed E-state index contributed by atoms with van der Waals surface area (Å²) in [7, 11) is 1.57. The molecular weight excluding hydrogens is 272 g/mol. The van der Waals surface area contributed by atoms with Crippen LogP contribution in [0, 0.1) is 0 Å². The van der Waals surface area contributed by atoms with Gasteiger partial charge < -0.3 is 9.84 Å². The Morgan fingerprint density at radius 3 is 2.15 bits per heavy atom. The molecule has 0 aliphatic rings. The number of aliphatic hydroxyl groups is 1. The fraction of sp³-hybridized carbons (Fsp3) is 0.294. The van der Waals surface area contributed by atoms with E-state index in [9.17, 15) is 5.11 Å². The third-order valence-electron chi connectivity index (χ3n) is 3.43. The van der Waals surface area contributed by atoms with Crippen LogP contribution in [-0.2, 0) is 0 Å². The Kier molecular flexibility index (Phi) is 4.69. The van der Waals surface area contributed by atoms with Crippen molar-refractivity contribution in [1.29, 1.82) is 0 Å². The number of aliphatic hydroxyl groups excluding tert-OH is 1. The van der Waals surface area contributed by atoms with Gasteiger partial charge in [0.1, 0.15) is 11.9 Å². The van der Waals surface area contributed by atoms with Crippen LogP contribution in [0.25, 0.3) is 0 Å². The first kappa shape index (κ1) is 14.9. The molecule has 0 amide bonds. The molecule has 0 aliphatic carbocycles. The van der Waals surface area contributed by atoms with Gasteiger partial charge in [0.2, 0.25) is 0 Å². The van der Waals surface area contributed by atoms with E-state index in [4.69, 9.17) is 16.3 Å². The van der Waals surface area contributed by atoms with Gasteiger partial charge in [-0.2, -0.15) is 0 Å². The van der Waals surface area contributed by atoms with Gasteiger partial charge in [0.05, 0.1) is 12.1 Å². The average molecular weight is 291 g/mol. The van der Waals surface area contributed by atoms with Gasteiger partial charge in [0.25, 0.3) is 0 Å². The maximum Gasteiger partial charge on any atom is 0.126 e. The monoisotopic (exact) mass is 290 g/mol. The molecule has 0 aliphatic heterocycles. The third-order valence-corrected chi connectivity index (χ3v) is 3.75. The van der Waals surface area contributed by atoms with Crippen LogP contribution < -0.4 is 4.74 Å². The zero-order chi connectivity index (χ0) is 14.7. The standard InChI is InChI=1S/C17H19ClO2/c1-11(2)12-7-9-13(10-8-12)17(19)16-14(18)5-4-6-15(16)20-3/h4-11,17,19H,1-3H3. The first-order chi connectivity index (χ1) is 9.54. The lowest BCUT2D eigenvalue weighted by molar-refractivity contribution is 0.215. The van der Waals surface area contributed by atoms with Gasteiger partial charge in [0.15, 0.2) is 0 Å². The number of ether oxygens (including phenoxy) is 1. The molecule has 1 unspecified atom stereocenters. The van der Waals surface area contributed by atoms with Gasteiger partial charge in [-0.15, -0.1) is 0 Å². The molecule has 0 fully saturated rings. The summed E-state index contributed by atoms with van der Waals surface area (Å²) in [5.41, 5.74) is 2.65. The Morgan fingerprint density at radius 2 is 1.60 bits per heavy atom. The van der Waals surface area contributed by atoms with Crippen LogP contribution in [0.2, 0.25) is 5.02 Å². The minimum absolute atomic E-state index is 0.469. The molecule has 106 valence electrons. The smallest absolute Gasteiger partial charge is 0.126 e. The zero-order valence-electron chi connectivity index (χ0n) is 11.9. The Hall–Kier alpha value is -1.51. The summed E-state index contributed by atoms with van der Waals surface area (Å²) >= 11 is 6.19. The van der Waals surface area contributed by atoms with Gasteiger partial charge in [-0.05, 0) is 29.2 Å². The highest BCUT2D eigenvalue weighted by atomic mass is 35.5. The molecule has 0 radical (unpaired) electrons. The average Bonchev–Trinajstić information content (AvgIpc) is 2.46. The molecule has 0 bridgehead atoms. The second-order valence-corrected chi connectivity index (χ2v) is 5.49. The second kappa shape index (κ2) is 6.29. The largest absolute Gasteiger partial charge is 0.496 e. The van der Waals surface area contributed by atoms with Crippen LogP contribution >= 0.6 is 11.6 Å². The van der Waals surface area contributed by atoms with Crippen LogP contribution in [-0.4, -0.2) is 12.2 Å². The summed E-state index contributed by atoms with van der Waals surface area (Å²) in [4.78, 5) is 0. The number of benzene rings is 2. The SMILES string of the molecule is COc1cccc(Cl)c1C(O)c1ccc(C(C)C)cc1. The first-order valence-electron chi connectivity index (χ1n) is 6.65. The fourth-order valence-corrected chi connectivity index (χ4v) is 2.46. The maximum absolute atomic E-state index is 10.5. The summed E-state index contributed by atoms with van der Waals surface area (Å²) in [5, 5.41) is 11.1. The molecule has 2 aromatic rings. The third kappa shape index (κ3) is 2.97.